The van der Waals surface area contributed by atoms with Gasteiger partial charge in [-0.1, -0.05) is 18.2 Å². The monoisotopic (exact) mass is 460 g/mol. The third-order valence-corrected chi connectivity index (χ3v) is 8.45. The molecule has 1 saturated heterocycles. The Morgan fingerprint density at radius 1 is 1.19 bits per heavy atom. The van der Waals surface area contributed by atoms with E-state index in [0.29, 0.717) is 46.9 Å². The number of thiophene rings is 1. The van der Waals surface area contributed by atoms with E-state index in [9.17, 15) is 18.0 Å². The highest BCUT2D eigenvalue weighted by Crippen LogP contribution is 2.19. The number of likely N-dealkylation sites (tertiary alicyclic amines) is 1. The molecule has 2 aromatic heterocycles. The lowest BCUT2D eigenvalue weighted by Gasteiger charge is -2.32. The highest BCUT2D eigenvalue weighted by molar-refractivity contribution is 7.91. The molecule has 4 rings (SSSR count). The van der Waals surface area contributed by atoms with Gasteiger partial charge in [0.05, 0.1) is 10.9 Å². The van der Waals surface area contributed by atoms with Crippen LogP contribution < -0.4 is 10.3 Å². The lowest BCUT2D eigenvalue weighted by Crippen LogP contribution is -2.46. The SMILES string of the molecule is Cc1nc2ccccc2c(=O)n1CCC(=O)N1CCC(NS(=O)(=O)c2cccs2)CC1. The Labute approximate surface area is 184 Å². The maximum atomic E-state index is 12.7. The van der Waals surface area contributed by atoms with Crippen LogP contribution >= 0.6 is 11.3 Å². The minimum absolute atomic E-state index is 0.0426. The molecule has 3 heterocycles. The summed E-state index contributed by atoms with van der Waals surface area (Å²) in [7, 11) is -3.51. The fourth-order valence-corrected chi connectivity index (χ4v) is 6.16. The zero-order chi connectivity index (χ0) is 22.0. The Morgan fingerprint density at radius 3 is 2.65 bits per heavy atom. The van der Waals surface area contributed by atoms with Crippen molar-refractivity contribution in [1.29, 1.82) is 0 Å². The van der Waals surface area contributed by atoms with Crippen molar-refractivity contribution in [2.45, 2.75) is 43.0 Å². The summed E-state index contributed by atoms with van der Waals surface area (Å²) >= 11 is 1.18. The van der Waals surface area contributed by atoms with Crippen LogP contribution in [0, 0.1) is 6.92 Å². The molecule has 8 nitrogen and oxygen atoms in total. The molecule has 1 fully saturated rings. The number of rotatable bonds is 6. The van der Waals surface area contributed by atoms with Gasteiger partial charge in [-0.05, 0) is 43.3 Å². The number of aromatic nitrogens is 2. The van der Waals surface area contributed by atoms with E-state index in [4.69, 9.17) is 0 Å². The molecule has 0 atom stereocenters. The molecule has 1 aliphatic heterocycles. The number of amides is 1. The molecule has 0 unspecified atom stereocenters. The lowest BCUT2D eigenvalue weighted by atomic mass is 10.1. The second kappa shape index (κ2) is 8.89. The summed E-state index contributed by atoms with van der Waals surface area (Å²) in [5, 5.41) is 2.27. The fraction of sp³-hybridized carbons (Fsp3) is 0.381. The van der Waals surface area contributed by atoms with E-state index in [1.165, 1.54) is 11.3 Å². The number of carbonyl (C=O) groups is 1. The molecule has 0 saturated carbocycles. The van der Waals surface area contributed by atoms with E-state index in [1.54, 1.807) is 52.1 Å². The van der Waals surface area contributed by atoms with E-state index in [2.05, 4.69) is 9.71 Å². The van der Waals surface area contributed by atoms with Crippen LogP contribution in [0.3, 0.4) is 0 Å². The zero-order valence-electron chi connectivity index (χ0n) is 17.2. The number of benzene rings is 1. The highest BCUT2D eigenvalue weighted by atomic mass is 32.2. The van der Waals surface area contributed by atoms with Gasteiger partial charge in [-0.3, -0.25) is 14.2 Å². The standard InChI is InChI=1S/C21H24N4O4S2/c1-15-22-18-6-3-2-5-17(18)21(27)25(15)13-10-19(26)24-11-8-16(9-12-24)23-31(28,29)20-7-4-14-30-20/h2-7,14,16,23H,8-13H2,1H3. The first kappa shape index (κ1) is 21.7. The van der Waals surface area contributed by atoms with Crippen LogP contribution in [-0.4, -0.2) is 47.9 Å². The summed E-state index contributed by atoms with van der Waals surface area (Å²) in [4.78, 5) is 31.6. The number of aryl methyl sites for hydroxylation is 1. The van der Waals surface area contributed by atoms with Crippen LogP contribution in [0.1, 0.15) is 25.1 Å². The third-order valence-electron chi connectivity index (χ3n) is 5.53. The van der Waals surface area contributed by atoms with Crippen molar-refractivity contribution in [2.24, 2.45) is 0 Å². The summed E-state index contributed by atoms with van der Waals surface area (Å²) in [6.07, 6.45) is 1.33. The average molecular weight is 461 g/mol. The third kappa shape index (κ3) is 4.70. The van der Waals surface area contributed by atoms with Gasteiger partial charge in [0.25, 0.3) is 5.56 Å². The molecular weight excluding hydrogens is 436 g/mol. The first-order chi connectivity index (χ1) is 14.8. The van der Waals surface area contributed by atoms with Crippen LogP contribution in [0.4, 0.5) is 0 Å². The maximum absolute atomic E-state index is 12.7. The van der Waals surface area contributed by atoms with Crippen LogP contribution in [-0.2, 0) is 21.4 Å². The largest absolute Gasteiger partial charge is 0.343 e. The summed E-state index contributed by atoms with van der Waals surface area (Å²) in [6, 6.07) is 10.3. The summed E-state index contributed by atoms with van der Waals surface area (Å²) in [5.41, 5.74) is 0.511. The van der Waals surface area contributed by atoms with E-state index in [0.717, 1.165) is 0 Å². The van der Waals surface area contributed by atoms with Crippen molar-refractivity contribution in [2.75, 3.05) is 13.1 Å². The number of hydrogen-bond donors (Lipinski definition) is 1. The Hall–Kier alpha value is -2.56. The van der Waals surface area contributed by atoms with Gasteiger partial charge in [0.1, 0.15) is 10.0 Å². The number of hydrogen-bond acceptors (Lipinski definition) is 6. The van der Waals surface area contributed by atoms with Crippen LogP contribution in [0.5, 0.6) is 0 Å². The number of fused-ring (bicyclic) bond motifs is 1. The predicted octanol–water partition coefficient (Wildman–Crippen LogP) is 2.13. The second-order valence-electron chi connectivity index (χ2n) is 7.59. The number of piperidine rings is 1. The molecule has 0 aliphatic carbocycles. The van der Waals surface area contributed by atoms with Crippen LogP contribution in [0.25, 0.3) is 10.9 Å². The second-order valence-corrected chi connectivity index (χ2v) is 10.5. The van der Waals surface area contributed by atoms with Gasteiger partial charge in [-0.15, -0.1) is 11.3 Å². The van der Waals surface area contributed by atoms with Crippen molar-refractivity contribution in [3.63, 3.8) is 0 Å². The lowest BCUT2D eigenvalue weighted by molar-refractivity contribution is -0.132. The molecule has 0 bridgehead atoms. The molecule has 31 heavy (non-hydrogen) atoms. The number of sulfonamides is 1. The molecule has 0 spiro atoms. The van der Waals surface area contributed by atoms with Gasteiger partial charge in [0.15, 0.2) is 0 Å². The topological polar surface area (TPSA) is 101 Å². The number of carbonyl (C=O) groups excluding carboxylic acids is 1. The van der Waals surface area contributed by atoms with E-state index >= 15 is 0 Å². The van der Waals surface area contributed by atoms with Gasteiger partial charge in [0.2, 0.25) is 15.9 Å². The Kier molecular flexibility index (Phi) is 6.22. The van der Waals surface area contributed by atoms with Crippen LogP contribution in [0.2, 0.25) is 0 Å². The molecule has 10 heteroatoms. The van der Waals surface area contributed by atoms with Gasteiger partial charge >= 0.3 is 0 Å². The maximum Gasteiger partial charge on any atom is 0.261 e. The van der Waals surface area contributed by atoms with Gasteiger partial charge in [-0.2, -0.15) is 0 Å². The van der Waals surface area contributed by atoms with Gasteiger partial charge < -0.3 is 4.90 Å². The number of nitrogens with zero attached hydrogens (tertiary/aromatic N) is 3. The smallest absolute Gasteiger partial charge is 0.261 e. The first-order valence-corrected chi connectivity index (χ1v) is 12.5. The van der Waals surface area contributed by atoms with Crippen molar-refractivity contribution < 1.29 is 13.2 Å². The Balaban J connectivity index is 1.34. The molecule has 1 aromatic carbocycles. The highest BCUT2D eigenvalue weighted by Gasteiger charge is 2.27. The quantitative estimate of drug-likeness (QED) is 0.607. The first-order valence-electron chi connectivity index (χ1n) is 10.1. The molecule has 1 amide bonds. The molecule has 1 aliphatic rings. The summed E-state index contributed by atoms with van der Waals surface area (Å²) in [5.74, 6) is 0.539. The van der Waals surface area contributed by atoms with E-state index in [1.807, 2.05) is 6.07 Å². The van der Waals surface area contributed by atoms with Crippen LogP contribution in [0.15, 0.2) is 50.8 Å². The summed E-state index contributed by atoms with van der Waals surface area (Å²) < 4.78 is 29.3. The molecule has 1 N–H and O–H groups in total. The minimum Gasteiger partial charge on any atom is -0.343 e. The molecule has 164 valence electrons. The van der Waals surface area contributed by atoms with Gasteiger partial charge in [-0.25, -0.2) is 18.1 Å². The average Bonchev–Trinajstić information content (AvgIpc) is 3.30. The van der Waals surface area contributed by atoms with Crippen molar-refractivity contribution in [3.05, 3.63) is 58.0 Å². The van der Waals surface area contributed by atoms with Gasteiger partial charge in [0, 0.05) is 32.1 Å². The molecule has 3 aromatic rings. The van der Waals surface area contributed by atoms with Crippen molar-refractivity contribution in [1.82, 2.24) is 19.2 Å². The van der Waals surface area contributed by atoms with E-state index in [-0.39, 0.29) is 30.5 Å². The Bertz CT molecular complexity index is 1240. The Morgan fingerprint density at radius 2 is 1.94 bits per heavy atom. The van der Waals surface area contributed by atoms with E-state index < -0.39 is 10.0 Å². The minimum atomic E-state index is -3.51. The normalized spacial score (nSPS) is 15.5. The molecule has 0 radical (unpaired) electrons. The summed E-state index contributed by atoms with van der Waals surface area (Å²) in [6.45, 7) is 3.01. The number of para-hydroxylation sites is 1. The fourth-order valence-electron chi connectivity index (χ4n) is 3.85. The zero-order valence-corrected chi connectivity index (χ0v) is 18.8. The van der Waals surface area contributed by atoms with Crippen molar-refractivity contribution >= 4 is 38.2 Å². The number of nitrogens with one attached hydrogen (secondary N) is 1. The molecular formula is C21H24N4O4S2. The predicted molar refractivity (Wildman–Crippen MR) is 120 cm³/mol. The van der Waals surface area contributed by atoms with Crippen molar-refractivity contribution in [3.8, 4) is 0 Å².